The third-order valence-electron chi connectivity index (χ3n) is 6.12. The lowest BCUT2D eigenvalue weighted by Gasteiger charge is -2.07. The number of carbonyl (C=O) groups excluding carboxylic acids is 1. The summed E-state index contributed by atoms with van der Waals surface area (Å²) < 4.78 is 16.3. The van der Waals surface area contributed by atoms with Crippen LogP contribution >= 0.6 is 0 Å². The molecule has 0 atom stereocenters. The fourth-order valence-electron chi connectivity index (χ4n) is 3.95. The van der Waals surface area contributed by atoms with Crippen LogP contribution in [-0.4, -0.2) is 39.0 Å². The molecule has 0 saturated carbocycles. The predicted molar refractivity (Wildman–Crippen MR) is 141 cm³/mol. The van der Waals surface area contributed by atoms with E-state index in [4.69, 9.17) is 14.2 Å². The molecule has 0 aromatic heterocycles. The van der Waals surface area contributed by atoms with Gasteiger partial charge in [0.05, 0.1) is 19.8 Å². The molecule has 33 heavy (non-hydrogen) atoms. The Morgan fingerprint density at radius 2 is 1.00 bits per heavy atom. The van der Waals surface area contributed by atoms with Crippen LogP contribution in [0.2, 0.25) is 0 Å². The molecule has 0 fully saturated rings. The second-order valence-electron chi connectivity index (χ2n) is 10.0. The molecule has 0 heterocycles. The standard InChI is InChI=1S/C29H58O4/c1-4-5-18-23-31-26-27-32-24-20-22-29(30)33-25-19-16-14-12-10-8-6-7-9-11-13-15-17-21-28(2)3/h28H,4-27H2,1-3H3. The molecule has 0 aromatic carbocycles. The third-order valence-corrected chi connectivity index (χ3v) is 6.12. The molecule has 0 aliphatic rings. The van der Waals surface area contributed by atoms with E-state index in [1.54, 1.807) is 0 Å². The summed E-state index contributed by atoms with van der Waals surface area (Å²) in [5, 5.41) is 0. The summed E-state index contributed by atoms with van der Waals surface area (Å²) in [4.78, 5) is 11.7. The summed E-state index contributed by atoms with van der Waals surface area (Å²) in [5.41, 5.74) is 0. The monoisotopic (exact) mass is 470 g/mol. The van der Waals surface area contributed by atoms with Crippen LogP contribution in [-0.2, 0) is 19.0 Å². The summed E-state index contributed by atoms with van der Waals surface area (Å²) in [7, 11) is 0. The molecule has 0 aromatic rings. The van der Waals surface area contributed by atoms with Gasteiger partial charge in [-0.2, -0.15) is 0 Å². The highest BCUT2D eigenvalue weighted by Crippen LogP contribution is 2.14. The number of hydrogen-bond donors (Lipinski definition) is 0. The Kier molecular flexibility index (Phi) is 27.1. The van der Waals surface area contributed by atoms with Gasteiger partial charge in [0.25, 0.3) is 0 Å². The number of carbonyl (C=O) groups is 1. The molecule has 0 aliphatic carbocycles. The van der Waals surface area contributed by atoms with Crippen molar-refractivity contribution in [1.82, 2.24) is 0 Å². The first-order valence-corrected chi connectivity index (χ1v) is 14.5. The normalized spacial score (nSPS) is 11.4. The maximum atomic E-state index is 11.7. The van der Waals surface area contributed by atoms with Gasteiger partial charge in [-0.25, -0.2) is 0 Å². The predicted octanol–water partition coefficient (Wildman–Crippen LogP) is 8.65. The van der Waals surface area contributed by atoms with Gasteiger partial charge in [0, 0.05) is 19.6 Å². The molecule has 0 aliphatic heterocycles. The Morgan fingerprint density at radius 3 is 1.52 bits per heavy atom. The van der Waals surface area contributed by atoms with E-state index in [0.29, 0.717) is 32.8 Å². The number of unbranched alkanes of at least 4 members (excludes halogenated alkanes) is 14. The van der Waals surface area contributed by atoms with E-state index in [0.717, 1.165) is 31.8 Å². The lowest BCUT2D eigenvalue weighted by Crippen LogP contribution is -2.09. The van der Waals surface area contributed by atoms with Crippen LogP contribution < -0.4 is 0 Å². The van der Waals surface area contributed by atoms with Crippen molar-refractivity contribution in [2.75, 3.05) is 33.0 Å². The van der Waals surface area contributed by atoms with Crippen molar-refractivity contribution < 1.29 is 19.0 Å². The summed E-state index contributed by atoms with van der Waals surface area (Å²) >= 11 is 0. The van der Waals surface area contributed by atoms with Crippen LogP contribution in [0.1, 0.15) is 143 Å². The van der Waals surface area contributed by atoms with Gasteiger partial charge in [-0.1, -0.05) is 117 Å². The molecule has 0 rings (SSSR count). The Bertz CT molecular complexity index is 384. The van der Waals surface area contributed by atoms with Crippen molar-refractivity contribution in [3.05, 3.63) is 0 Å². The lowest BCUT2D eigenvalue weighted by atomic mass is 10.0. The van der Waals surface area contributed by atoms with Crippen LogP contribution in [0.4, 0.5) is 0 Å². The van der Waals surface area contributed by atoms with Crippen LogP contribution in [0.5, 0.6) is 0 Å². The van der Waals surface area contributed by atoms with E-state index in [9.17, 15) is 4.79 Å². The van der Waals surface area contributed by atoms with Crippen molar-refractivity contribution in [3.8, 4) is 0 Å². The van der Waals surface area contributed by atoms with Crippen molar-refractivity contribution in [1.29, 1.82) is 0 Å². The third kappa shape index (κ3) is 29.4. The molecule has 0 radical (unpaired) electrons. The molecule has 0 N–H and O–H groups in total. The van der Waals surface area contributed by atoms with Crippen molar-refractivity contribution in [3.63, 3.8) is 0 Å². The topological polar surface area (TPSA) is 44.8 Å². The van der Waals surface area contributed by atoms with Crippen molar-refractivity contribution >= 4 is 5.97 Å². The highest BCUT2D eigenvalue weighted by atomic mass is 16.5. The minimum absolute atomic E-state index is 0.0886. The molecular weight excluding hydrogens is 412 g/mol. The molecule has 0 amide bonds. The van der Waals surface area contributed by atoms with Gasteiger partial charge < -0.3 is 14.2 Å². The molecule has 4 heteroatoms. The van der Waals surface area contributed by atoms with Gasteiger partial charge in [0.1, 0.15) is 0 Å². The number of hydrogen-bond acceptors (Lipinski definition) is 4. The quantitative estimate of drug-likeness (QED) is 0.0890. The average molecular weight is 471 g/mol. The average Bonchev–Trinajstić information content (AvgIpc) is 2.79. The molecule has 0 saturated heterocycles. The first kappa shape index (κ1) is 32.4. The van der Waals surface area contributed by atoms with E-state index in [1.807, 2.05) is 0 Å². The zero-order valence-corrected chi connectivity index (χ0v) is 22.7. The first-order chi connectivity index (χ1) is 16.2. The molecular formula is C29H58O4. The van der Waals surface area contributed by atoms with Gasteiger partial charge in [-0.15, -0.1) is 0 Å². The van der Waals surface area contributed by atoms with E-state index >= 15 is 0 Å². The van der Waals surface area contributed by atoms with Crippen LogP contribution in [0, 0.1) is 5.92 Å². The molecule has 4 nitrogen and oxygen atoms in total. The van der Waals surface area contributed by atoms with E-state index in [1.165, 1.54) is 96.3 Å². The van der Waals surface area contributed by atoms with Crippen LogP contribution in [0.3, 0.4) is 0 Å². The van der Waals surface area contributed by atoms with Crippen LogP contribution in [0.25, 0.3) is 0 Å². The molecule has 198 valence electrons. The number of ether oxygens (including phenoxy) is 3. The van der Waals surface area contributed by atoms with Gasteiger partial charge in [0.2, 0.25) is 0 Å². The maximum Gasteiger partial charge on any atom is 0.305 e. The number of esters is 1. The number of rotatable bonds is 27. The van der Waals surface area contributed by atoms with Gasteiger partial charge in [0.15, 0.2) is 0 Å². The van der Waals surface area contributed by atoms with Gasteiger partial charge >= 0.3 is 5.97 Å². The zero-order valence-electron chi connectivity index (χ0n) is 22.7. The highest BCUT2D eigenvalue weighted by Gasteiger charge is 2.03. The summed E-state index contributed by atoms with van der Waals surface area (Å²) in [6, 6.07) is 0. The second-order valence-corrected chi connectivity index (χ2v) is 10.0. The summed E-state index contributed by atoms with van der Waals surface area (Å²) in [6.45, 7) is 10.1. The molecule has 0 unspecified atom stereocenters. The second kappa shape index (κ2) is 27.6. The lowest BCUT2D eigenvalue weighted by molar-refractivity contribution is -0.144. The maximum absolute atomic E-state index is 11.7. The summed E-state index contributed by atoms with van der Waals surface area (Å²) in [6.07, 6.45) is 23.6. The van der Waals surface area contributed by atoms with Gasteiger partial charge in [-0.05, 0) is 25.2 Å². The van der Waals surface area contributed by atoms with Crippen LogP contribution in [0.15, 0.2) is 0 Å². The highest BCUT2D eigenvalue weighted by molar-refractivity contribution is 5.69. The zero-order chi connectivity index (χ0) is 24.2. The Morgan fingerprint density at radius 1 is 0.545 bits per heavy atom. The minimum atomic E-state index is -0.0886. The Hall–Kier alpha value is -0.610. The fraction of sp³-hybridized carbons (Fsp3) is 0.966. The van der Waals surface area contributed by atoms with Crippen molar-refractivity contribution in [2.45, 2.75) is 143 Å². The van der Waals surface area contributed by atoms with E-state index in [2.05, 4.69) is 20.8 Å². The fourth-order valence-corrected chi connectivity index (χ4v) is 3.95. The molecule has 0 spiro atoms. The smallest absolute Gasteiger partial charge is 0.305 e. The SMILES string of the molecule is CCCCCOCCOCCCC(=O)OCCCCCCCCCCCCCCCC(C)C. The van der Waals surface area contributed by atoms with E-state index in [-0.39, 0.29) is 5.97 Å². The van der Waals surface area contributed by atoms with Gasteiger partial charge in [-0.3, -0.25) is 4.79 Å². The molecule has 0 bridgehead atoms. The summed E-state index contributed by atoms with van der Waals surface area (Å²) in [5.74, 6) is 0.778. The first-order valence-electron chi connectivity index (χ1n) is 14.5. The largest absolute Gasteiger partial charge is 0.466 e. The Balaban J connectivity index is 3.14. The van der Waals surface area contributed by atoms with E-state index < -0.39 is 0 Å². The minimum Gasteiger partial charge on any atom is -0.466 e. The van der Waals surface area contributed by atoms with Crippen molar-refractivity contribution in [2.24, 2.45) is 5.92 Å². The Labute approximate surface area is 206 Å².